The van der Waals surface area contributed by atoms with Crippen LogP contribution in [-0.4, -0.2) is 47.9 Å². The summed E-state index contributed by atoms with van der Waals surface area (Å²) in [6.45, 7) is 1.84. The van der Waals surface area contributed by atoms with Crippen LogP contribution in [0.25, 0.3) is 0 Å². The van der Waals surface area contributed by atoms with Gasteiger partial charge in [-0.25, -0.2) is 0 Å². The Balaban J connectivity index is 2.71. The van der Waals surface area contributed by atoms with Gasteiger partial charge >= 0.3 is 6.04 Å². The van der Waals surface area contributed by atoms with Crippen LogP contribution in [0, 0.1) is 20.2 Å². The van der Waals surface area contributed by atoms with Crippen molar-refractivity contribution in [1.82, 2.24) is 0 Å². The molecule has 0 N–H and O–H groups in total. The summed E-state index contributed by atoms with van der Waals surface area (Å²) in [7, 11) is 0. The van der Waals surface area contributed by atoms with E-state index in [0.717, 1.165) is 0 Å². The van der Waals surface area contributed by atoms with Crippen LogP contribution in [0.2, 0.25) is 0 Å². The van der Waals surface area contributed by atoms with E-state index in [9.17, 15) is 20.2 Å². The van der Waals surface area contributed by atoms with Crippen LogP contribution < -0.4 is 0 Å². The number of rotatable bonds is 4. The SMILES string of the molecule is CC(C(C1COCCO1)[N+](=O)[O-])[N+](=O)[O-]. The van der Waals surface area contributed by atoms with Crippen molar-refractivity contribution in [2.24, 2.45) is 0 Å². The lowest BCUT2D eigenvalue weighted by Crippen LogP contribution is -2.50. The quantitative estimate of drug-likeness (QED) is 0.476. The Kier molecular flexibility index (Phi) is 3.92. The van der Waals surface area contributed by atoms with E-state index in [1.807, 2.05) is 0 Å². The average Bonchev–Trinajstić information content (AvgIpc) is 2.18. The third-order valence-corrected chi connectivity index (χ3v) is 2.29. The van der Waals surface area contributed by atoms with Gasteiger partial charge in [0.25, 0.3) is 6.04 Å². The Morgan fingerprint density at radius 2 is 1.93 bits per heavy atom. The van der Waals surface area contributed by atoms with E-state index in [2.05, 4.69) is 0 Å². The highest BCUT2D eigenvalue weighted by Gasteiger charge is 2.45. The molecule has 0 amide bonds. The minimum absolute atomic E-state index is 0.0316. The minimum atomic E-state index is -1.36. The molecule has 0 spiro atoms. The molecule has 1 fully saturated rings. The first-order chi connectivity index (χ1) is 7.04. The first-order valence-electron chi connectivity index (χ1n) is 4.50. The van der Waals surface area contributed by atoms with Crippen molar-refractivity contribution < 1.29 is 19.3 Å². The highest BCUT2D eigenvalue weighted by Crippen LogP contribution is 2.13. The van der Waals surface area contributed by atoms with Gasteiger partial charge in [-0.2, -0.15) is 0 Å². The Hall–Kier alpha value is -1.28. The zero-order chi connectivity index (χ0) is 11.4. The molecule has 0 aromatic carbocycles. The van der Waals surface area contributed by atoms with Gasteiger partial charge in [0.2, 0.25) is 0 Å². The van der Waals surface area contributed by atoms with Gasteiger partial charge < -0.3 is 9.47 Å². The van der Waals surface area contributed by atoms with E-state index in [4.69, 9.17) is 9.47 Å². The van der Waals surface area contributed by atoms with Crippen LogP contribution in [0.1, 0.15) is 6.92 Å². The van der Waals surface area contributed by atoms with Gasteiger partial charge in [-0.05, 0) is 0 Å². The van der Waals surface area contributed by atoms with Crippen molar-refractivity contribution in [2.75, 3.05) is 19.8 Å². The molecule has 8 nitrogen and oxygen atoms in total. The molecule has 3 atom stereocenters. The highest BCUT2D eigenvalue weighted by molar-refractivity contribution is 4.76. The van der Waals surface area contributed by atoms with E-state index >= 15 is 0 Å². The summed E-state index contributed by atoms with van der Waals surface area (Å²) in [6, 6.07) is -2.65. The van der Waals surface area contributed by atoms with Crippen molar-refractivity contribution in [3.63, 3.8) is 0 Å². The molecule has 1 rings (SSSR count). The first-order valence-corrected chi connectivity index (χ1v) is 4.50. The van der Waals surface area contributed by atoms with Crippen LogP contribution in [-0.2, 0) is 9.47 Å². The maximum Gasteiger partial charge on any atom is 0.306 e. The number of ether oxygens (including phenoxy) is 2. The lowest BCUT2D eigenvalue weighted by molar-refractivity contribution is -0.623. The van der Waals surface area contributed by atoms with Crippen LogP contribution in [0.15, 0.2) is 0 Å². The topological polar surface area (TPSA) is 105 Å². The van der Waals surface area contributed by atoms with Gasteiger partial charge in [0.15, 0.2) is 6.10 Å². The molecule has 0 saturated carbocycles. The van der Waals surface area contributed by atoms with Gasteiger partial charge in [0.1, 0.15) is 0 Å². The fourth-order valence-corrected chi connectivity index (χ4v) is 1.45. The fraction of sp³-hybridized carbons (Fsp3) is 1.00. The van der Waals surface area contributed by atoms with Crippen molar-refractivity contribution in [3.05, 3.63) is 20.2 Å². The second-order valence-electron chi connectivity index (χ2n) is 3.29. The fourth-order valence-electron chi connectivity index (χ4n) is 1.45. The van der Waals surface area contributed by atoms with Gasteiger partial charge in [0, 0.05) is 16.8 Å². The normalized spacial score (nSPS) is 25.5. The molecular formula is C7H12N2O6. The molecule has 0 aromatic rings. The smallest absolute Gasteiger partial charge is 0.306 e. The third kappa shape index (κ3) is 2.83. The second kappa shape index (κ2) is 4.99. The molecule has 15 heavy (non-hydrogen) atoms. The standard InChI is InChI=1S/C7H12N2O6/c1-5(8(10)11)7(9(12)13)6-4-14-2-3-15-6/h5-7H,2-4H2,1H3. The van der Waals surface area contributed by atoms with E-state index < -0.39 is 28.0 Å². The molecule has 1 heterocycles. The van der Waals surface area contributed by atoms with Crippen molar-refractivity contribution in [1.29, 1.82) is 0 Å². The minimum Gasteiger partial charge on any atom is -0.376 e. The van der Waals surface area contributed by atoms with Crippen molar-refractivity contribution >= 4 is 0 Å². The predicted octanol–water partition coefficient (Wildman–Crippen LogP) is -0.288. The lowest BCUT2D eigenvalue weighted by atomic mass is 10.1. The number of hydrogen-bond acceptors (Lipinski definition) is 6. The predicted molar refractivity (Wildman–Crippen MR) is 47.8 cm³/mol. The van der Waals surface area contributed by atoms with Gasteiger partial charge in [0.05, 0.1) is 19.8 Å². The summed E-state index contributed by atoms with van der Waals surface area (Å²) in [4.78, 5) is 19.9. The Morgan fingerprint density at radius 1 is 1.27 bits per heavy atom. The highest BCUT2D eigenvalue weighted by atomic mass is 16.7. The summed E-state index contributed by atoms with van der Waals surface area (Å²) in [5.74, 6) is 0. The molecule has 0 aromatic heterocycles. The summed E-state index contributed by atoms with van der Waals surface area (Å²) >= 11 is 0. The maximum atomic E-state index is 10.7. The number of nitro groups is 2. The monoisotopic (exact) mass is 220 g/mol. The van der Waals surface area contributed by atoms with Crippen molar-refractivity contribution in [2.45, 2.75) is 25.1 Å². The summed E-state index contributed by atoms with van der Waals surface area (Å²) < 4.78 is 10.1. The Labute approximate surface area is 85.5 Å². The van der Waals surface area contributed by atoms with Crippen LogP contribution in [0.5, 0.6) is 0 Å². The van der Waals surface area contributed by atoms with Crippen molar-refractivity contribution in [3.8, 4) is 0 Å². The average molecular weight is 220 g/mol. The van der Waals surface area contributed by atoms with E-state index in [1.165, 1.54) is 6.92 Å². The van der Waals surface area contributed by atoms with Gasteiger partial charge in [-0.3, -0.25) is 20.2 Å². The molecule has 1 saturated heterocycles. The largest absolute Gasteiger partial charge is 0.376 e. The van der Waals surface area contributed by atoms with Crippen LogP contribution in [0.4, 0.5) is 0 Å². The second-order valence-corrected chi connectivity index (χ2v) is 3.29. The Morgan fingerprint density at radius 3 is 2.33 bits per heavy atom. The molecule has 0 aliphatic carbocycles. The molecule has 1 aliphatic heterocycles. The van der Waals surface area contributed by atoms with E-state index in [1.54, 1.807) is 0 Å². The van der Waals surface area contributed by atoms with E-state index in [-0.39, 0.29) is 13.2 Å². The zero-order valence-corrected chi connectivity index (χ0v) is 8.20. The molecular weight excluding hydrogens is 208 g/mol. The van der Waals surface area contributed by atoms with Crippen LogP contribution >= 0.6 is 0 Å². The van der Waals surface area contributed by atoms with Gasteiger partial charge in [-0.15, -0.1) is 0 Å². The Bertz CT molecular complexity index is 252. The summed E-state index contributed by atoms with van der Waals surface area (Å²) in [6.07, 6.45) is -0.839. The van der Waals surface area contributed by atoms with Crippen LogP contribution in [0.3, 0.4) is 0 Å². The molecule has 3 unspecified atom stereocenters. The first kappa shape index (κ1) is 11.8. The molecule has 0 bridgehead atoms. The summed E-state index contributed by atoms with van der Waals surface area (Å²) in [5, 5.41) is 21.2. The molecule has 86 valence electrons. The molecule has 1 aliphatic rings. The maximum absolute atomic E-state index is 10.7. The summed E-state index contributed by atoms with van der Waals surface area (Å²) in [5.41, 5.74) is 0. The molecule has 0 radical (unpaired) electrons. The third-order valence-electron chi connectivity index (χ3n) is 2.29. The molecule has 8 heteroatoms. The lowest BCUT2D eigenvalue weighted by Gasteiger charge is -2.25. The van der Waals surface area contributed by atoms with Gasteiger partial charge in [-0.1, -0.05) is 0 Å². The number of hydrogen-bond donors (Lipinski definition) is 0. The number of nitrogens with zero attached hydrogens (tertiary/aromatic N) is 2. The zero-order valence-electron chi connectivity index (χ0n) is 8.20. The van der Waals surface area contributed by atoms with E-state index in [0.29, 0.717) is 6.61 Å².